The number of rotatable bonds is 3. The van der Waals surface area contributed by atoms with Gasteiger partial charge in [0.15, 0.2) is 5.65 Å². The van der Waals surface area contributed by atoms with Gasteiger partial charge in [-0.3, -0.25) is 0 Å². The monoisotopic (exact) mass is 312 g/mol. The van der Waals surface area contributed by atoms with Gasteiger partial charge in [-0.2, -0.15) is 9.78 Å². The van der Waals surface area contributed by atoms with Crippen LogP contribution in [0.2, 0.25) is 0 Å². The SMILES string of the molecule is COC(=O)c1ccccc1C=Nn1c(=S)[nH]c2cccnc21. The van der Waals surface area contributed by atoms with Crippen molar-refractivity contribution in [2.45, 2.75) is 0 Å². The second kappa shape index (κ2) is 5.90. The lowest BCUT2D eigenvalue weighted by atomic mass is 10.1. The molecule has 0 aliphatic heterocycles. The number of ether oxygens (including phenoxy) is 1. The Morgan fingerprint density at radius 3 is 3.00 bits per heavy atom. The van der Waals surface area contributed by atoms with E-state index in [4.69, 9.17) is 17.0 Å². The first-order chi connectivity index (χ1) is 10.7. The predicted octanol–water partition coefficient (Wildman–Crippen LogP) is 2.76. The number of H-pyrrole nitrogens is 1. The van der Waals surface area contributed by atoms with Crippen LogP contribution in [0, 0.1) is 4.77 Å². The van der Waals surface area contributed by atoms with Gasteiger partial charge in [0.1, 0.15) is 0 Å². The van der Waals surface area contributed by atoms with Crippen LogP contribution in [0.1, 0.15) is 15.9 Å². The lowest BCUT2D eigenvalue weighted by molar-refractivity contribution is 0.0600. The second-order valence-corrected chi connectivity index (χ2v) is 4.83. The van der Waals surface area contributed by atoms with Gasteiger partial charge in [0.2, 0.25) is 4.77 Å². The third-order valence-corrected chi connectivity index (χ3v) is 3.37. The van der Waals surface area contributed by atoms with Gasteiger partial charge < -0.3 is 9.72 Å². The zero-order valence-corrected chi connectivity index (χ0v) is 12.5. The van der Waals surface area contributed by atoms with E-state index in [1.807, 2.05) is 18.2 Å². The lowest BCUT2D eigenvalue weighted by Crippen LogP contribution is -2.05. The van der Waals surface area contributed by atoms with Crippen LogP contribution in [0.5, 0.6) is 0 Å². The minimum absolute atomic E-state index is 0.414. The highest BCUT2D eigenvalue weighted by atomic mass is 32.1. The van der Waals surface area contributed by atoms with Gasteiger partial charge in [0.05, 0.1) is 24.4 Å². The molecule has 22 heavy (non-hydrogen) atoms. The highest BCUT2D eigenvalue weighted by molar-refractivity contribution is 7.71. The maximum absolute atomic E-state index is 11.7. The van der Waals surface area contributed by atoms with Gasteiger partial charge in [-0.15, -0.1) is 0 Å². The fraction of sp³-hybridized carbons (Fsp3) is 0.0667. The van der Waals surface area contributed by atoms with Gasteiger partial charge in [0, 0.05) is 11.8 Å². The van der Waals surface area contributed by atoms with E-state index >= 15 is 0 Å². The Morgan fingerprint density at radius 1 is 1.36 bits per heavy atom. The number of imidazole rings is 1. The molecule has 0 radical (unpaired) electrons. The number of aromatic nitrogens is 3. The third-order valence-electron chi connectivity index (χ3n) is 3.10. The number of hydrogen-bond donors (Lipinski definition) is 1. The number of fused-ring (bicyclic) bond motifs is 1. The fourth-order valence-electron chi connectivity index (χ4n) is 2.06. The maximum atomic E-state index is 11.7. The van der Waals surface area contributed by atoms with Gasteiger partial charge >= 0.3 is 5.97 Å². The Balaban J connectivity index is 2.06. The Bertz CT molecular complexity index is 926. The van der Waals surface area contributed by atoms with Crippen LogP contribution in [-0.4, -0.2) is 33.9 Å². The molecular formula is C15H12N4O2S. The highest BCUT2D eigenvalue weighted by Gasteiger charge is 2.09. The summed E-state index contributed by atoms with van der Waals surface area (Å²) in [7, 11) is 1.34. The van der Waals surface area contributed by atoms with E-state index < -0.39 is 5.97 Å². The average Bonchev–Trinajstić information content (AvgIpc) is 2.87. The first kappa shape index (κ1) is 14.2. The van der Waals surface area contributed by atoms with Gasteiger partial charge in [-0.1, -0.05) is 18.2 Å². The summed E-state index contributed by atoms with van der Waals surface area (Å²) in [6, 6.07) is 10.7. The minimum atomic E-state index is -0.414. The number of pyridine rings is 1. The number of benzene rings is 1. The molecule has 0 fully saturated rings. The Hall–Kier alpha value is -2.80. The predicted molar refractivity (Wildman–Crippen MR) is 85.7 cm³/mol. The number of carbonyl (C=O) groups excluding carboxylic acids is 1. The number of carbonyl (C=O) groups is 1. The Kier molecular flexibility index (Phi) is 3.80. The van der Waals surface area contributed by atoms with Gasteiger partial charge in [-0.05, 0) is 30.4 Å². The van der Waals surface area contributed by atoms with Gasteiger partial charge in [-0.25, -0.2) is 9.78 Å². The van der Waals surface area contributed by atoms with Crippen molar-refractivity contribution in [3.8, 4) is 0 Å². The number of nitrogens with one attached hydrogen (secondary N) is 1. The van der Waals surface area contributed by atoms with E-state index in [2.05, 4.69) is 15.1 Å². The van der Waals surface area contributed by atoms with E-state index in [0.717, 1.165) is 5.52 Å². The molecule has 0 spiro atoms. The van der Waals surface area contributed by atoms with Crippen molar-refractivity contribution in [1.82, 2.24) is 14.6 Å². The number of aromatic amines is 1. The molecule has 6 nitrogen and oxygen atoms in total. The maximum Gasteiger partial charge on any atom is 0.338 e. The quantitative estimate of drug-likeness (QED) is 0.458. The van der Waals surface area contributed by atoms with Crippen molar-refractivity contribution in [3.63, 3.8) is 0 Å². The molecule has 7 heteroatoms. The van der Waals surface area contributed by atoms with E-state index in [-0.39, 0.29) is 0 Å². The van der Waals surface area contributed by atoms with Crippen LogP contribution >= 0.6 is 12.2 Å². The normalized spacial score (nSPS) is 11.1. The van der Waals surface area contributed by atoms with Crippen molar-refractivity contribution in [2.75, 3.05) is 7.11 Å². The summed E-state index contributed by atoms with van der Waals surface area (Å²) in [5, 5.41) is 4.33. The van der Waals surface area contributed by atoms with Crippen LogP contribution < -0.4 is 0 Å². The average molecular weight is 312 g/mol. The fourth-order valence-corrected chi connectivity index (χ4v) is 2.30. The Labute approximate surface area is 131 Å². The van der Waals surface area contributed by atoms with E-state index in [1.165, 1.54) is 11.8 Å². The van der Waals surface area contributed by atoms with E-state index in [1.54, 1.807) is 30.6 Å². The second-order valence-electron chi connectivity index (χ2n) is 4.44. The molecule has 2 aromatic heterocycles. The smallest absolute Gasteiger partial charge is 0.338 e. The molecule has 0 aliphatic rings. The van der Waals surface area contributed by atoms with Crippen molar-refractivity contribution in [3.05, 3.63) is 58.5 Å². The van der Waals surface area contributed by atoms with Crippen LogP contribution in [0.4, 0.5) is 0 Å². The Morgan fingerprint density at radius 2 is 2.18 bits per heavy atom. The molecular weight excluding hydrogens is 300 g/mol. The molecule has 3 rings (SSSR count). The summed E-state index contributed by atoms with van der Waals surface area (Å²) in [5.74, 6) is -0.414. The molecule has 0 unspecified atom stereocenters. The summed E-state index contributed by atoms with van der Waals surface area (Å²) >= 11 is 5.24. The van der Waals surface area contributed by atoms with Crippen molar-refractivity contribution in [2.24, 2.45) is 5.10 Å². The summed E-state index contributed by atoms with van der Waals surface area (Å²) in [4.78, 5) is 19.0. The first-order valence-corrected chi connectivity index (χ1v) is 6.89. The number of esters is 1. The number of methoxy groups -OCH3 is 1. The molecule has 1 aromatic carbocycles. The minimum Gasteiger partial charge on any atom is -0.465 e. The zero-order valence-electron chi connectivity index (χ0n) is 11.7. The molecule has 0 atom stereocenters. The molecule has 0 saturated heterocycles. The third kappa shape index (κ3) is 2.53. The summed E-state index contributed by atoms with van der Waals surface area (Å²) < 4.78 is 6.71. The zero-order chi connectivity index (χ0) is 15.5. The van der Waals surface area contributed by atoms with Crippen molar-refractivity contribution < 1.29 is 9.53 Å². The van der Waals surface area contributed by atoms with Crippen molar-refractivity contribution >= 4 is 35.6 Å². The van der Waals surface area contributed by atoms with Crippen LogP contribution in [0.25, 0.3) is 11.2 Å². The molecule has 110 valence electrons. The van der Waals surface area contributed by atoms with E-state index in [9.17, 15) is 4.79 Å². The summed E-state index contributed by atoms with van der Waals surface area (Å²) in [6.45, 7) is 0. The number of nitrogens with zero attached hydrogens (tertiary/aromatic N) is 3. The first-order valence-electron chi connectivity index (χ1n) is 6.48. The molecule has 0 bridgehead atoms. The van der Waals surface area contributed by atoms with Crippen LogP contribution in [0.3, 0.4) is 0 Å². The molecule has 1 N–H and O–H groups in total. The molecule has 3 aromatic rings. The van der Waals surface area contributed by atoms with E-state index in [0.29, 0.717) is 21.5 Å². The lowest BCUT2D eigenvalue weighted by Gasteiger charge is -2.02. The topological polar surface area (TPSA) is 72.3 Å². The number of hydrogen-bond acceptors (Lipinski definition) is 5. The highest BCUT2D eigenvalue weighted by Crippen LogP contribution is 2.12. The van der Waals surface area contributed by atoms with Crippen LogP contribution in [-0.2, 0) is 4.74 Å². The standard InChI is InChI=1S/C15H12N4O2S/c1-21-14(20)11-6-3-2-5-10(11)9-17-19-13-12(18-15(19)22)7-4-8-16-13/h2-9H,1H3,(H,18,22). The van der Waals surface area contributed by atoms with Gasteiger partial charge in [0.25, 0.3) is 0 Å². The largest absolute Gasteiger partial charge is 0.465 e. The summed E-state index contributed by atoms with van der Waals surface area (Å²) in [5.41, 5.74) is 2.50. The van der Waals surface area contributed by atoms with Crippen molar-refractivity contribution in [1.29, 1.82) is 0 Å². The molecule has 0 aliphatic carbocycles. The summed E-state index contributed by atoms with van der Waals surface area (Å²) in [6.07, 6.45) is 3.23. The molecule has 0 amide bonds. The van der Waals surface area contributed by atoms with Crippen LogP contribution in [0.15, 0.2) is 47.7 Å². The molecule has 0 saturated carbocycles. The molecule has 2 heterocycles.